The number of fused-ring (bicyclic) bond motifs is 1. The number of carbonyl (C=O) groups excluding carboxylic acids is 1. The highest BCUT2D eigenvalue weighted by Crippen LogP contribution is 2.38. The average molecular weight is 543 g/mol. The van der Waals surface area contributed by atoms with E-state index in [0.29, 0.717) is 47.6 Å². The summed E-state index contributed by atoms with van der Waals surface area (Å²) in [6.07, 6.45) is 4.34. The maximum atomic E-state index is 13.9. The van der Waals surface area contributed by atoms with E-state index in [-0.39, 0.29) is 11.8 Å². The lowest BCUT2D eigenvalue weighted by molar-refractivity contribution is -0.123. The van der Waals surface area contributed by atoms with Crippen LogP contribution < -0.4 is 9.64 Å². The molecule has 1 aliphatic rings. The number of carbonyl (C=O) groups is 1. The molecule has 0 bridgehead atoms. The predicted molar refractivity (Wildman–Crippen MR) is 142 cm³/mol. The molecule has 1 saturated heterocycles. The van der Waals surface area contributed by atoms with Crippen molar-refractivity contribution in [3.63, 3.8) is 0 Å². The molecule has 0 aliphatic carbocycles. The molecule has 188 valence electrons. The molecule has 1 fully saturated rings. The van der Waals surface area contributed by atoms with Gasteiger partial charge >= 0.3 is 0 Å². The van der Waals surface area contributed by atoms with Gasteiger partial charge in [-0.1, -0.05) is 23.5 Å². The van der Waals surface area contributed by atoms with Gasteiger partial charge in [-0.05, 0) is 60.5 Å². The van der Waals surface area contributed by atoms with Gasteiger partial charge in [0, 0.05) is 31.4 Å². The Morgan fingerprint density at radius 2 is 1.92 bits per heavy atom. The second kappa shape index (κ2) is 10.3. The quantitative estimate of drug-likeness (QED) is 0.336. The molecule has 0 radical (unpaired) electrons. The van der Waals surface area contributed by atoms with E-state index in [1.165, 1.54) is 27.0 Å². The minimum Gasteiger partial charge on any atom is -0.494 e. The number of amides is 1. The van der Waals surface area contributed by atoms with Crippen molar-refractivity contribution < 1.29 is 17.9 Å². The summed E-state index contributed by atoms with van der Waals surface area (Å²) < 4.78 is 34.2. The summed E-state index contributed by atoms with van der Waals surface area (Å²) in [7, 11) is -1.91. The summed E-state index contributed by atoms with van der Waals surface area (Å²) in [6, 6.07) is 11.0. The molecule has 5 rings (SSSR count). The van der Waals surface area contributed by atoms with E-state index in [2.05, 4.69) is 4.98 Å². The van der Waals surface area contributed by atoms with E-state index in [1.807, 2.05) is 31.2 Å². The lowest BCUT2D eigenvalue weighted by atomic mass is 9.96. The molecule has 0 unspecified atom stereocenters. The van der Waals surface area contributed by atoms with Gasteiger partial charge in [0.05, 0.1) is 18.4 Å². The molecular weight excluding hydrogens is 517 g/mol. The molecule has 0 atom stereocenters. The van der Waals surface area contributed by atoms with Crippen molar-refractivity contribution in [2.24, 2.45) is 5.92 Å². The van der Waals surface area contributed by atoms with Gasteiger partial charge in [0.15, 0.2) is 5.13 Å². The van der Waals surface area contributed by atoms with Crippen molar-refractivity contribution in [3.8, 4) is 5.75 Å². The number of rotatable bonds is 7. The van der Waals surface area contributed by atoms with Gasteiger partial charge in [0.1, 0.15) is 15.5 Å². The molecule has 0 saturated carbocycles. The molecule has 8 nitrogen and oxygen atoms in total. The Balaban J connectivity index is 1.42. The number of methoxy groups -OCH3 is 1. The number of sulfonamides is 1. The van der Waals surface area contributed by atoms with Crippen molar-refractivity contribution in [1.82, 2.24) is 14.3 Å². The molecule has 11 heteroatoms. The van der Waals surface area contributed by atoms with Crippen LogP contribution in [0.25, 0.3) is 10.2 Å². The maximum Gasteiger partial charge on any atom is 0.252 e. The first-order valence-electron chi connectivity index (χ1n) is 11.6. The maximum absolute atomic E-state index is 13.9. The zero-order valence-electron chi connectivity index (χ0n) is 20.0. The van der Waals surface area contributed by atoms with E-state index in [4.69, 9.17) is 9.72 Å². The highest BCUT2D eigenvalue weighted by atomic mass is 32.2. The molecule has 4 aromatic rings. The van der Waals surface area contributed by atoms with Crippen molar-refractivity contribution in [1.29, 1.82) is 0 Å². The second-order valence-electron chi connectivity index (χ2n) is 8.65. The number of benzene rings is 1. The smallest absolute Gasteiger partial charge is 0.252 e. The number of thiazole rings is 1. The summed E-state index contributed by atoms with van der Waals surface area (Å²) >= 11 is 2.68. The van der Waals surface area contributed by atoms with Crippen LogP contribution in [0, 0.1) is 12.8 Å². The standard InChI is InChI=1S/C25H26N4O4S3/c1-17-5-6-20(33-2)22-23(17)35-25(27-22)29(16-18-7-11-26-12-8-18)24(30)19-9-13-28(14-10-19)36(31,32)21-4-3-15-34-21/h3-8,11-12,15,19H,9-10,13-14,16H2,1-2H3. The fourth-order valence-electron chi connectivity index (χ4n) is 4.39. The topological polar surface area (TPSA) is 92.7 Å². The summed E-state index contributed by atoms with van der Waals surface area (Å²) in [5.74, 6) is 0.328. The number of ether oxygens (including phenoxy) is 1. The van der Waals surface area contributed by atoms with Crippen LogP contribution in [0.3, 0.4) is 0 Å². The van der Waals surface area contributed by atoms with Gasteiger partial charge in [-0.2, -0.15) is 4.31 Å². The lowest BCUT2D eigenvalue weighted by Gasteiger charge is -2.32. The first kappa shape index (κ1) is 24.8. The van der Waals surface area contributed by atoms with Gasteiger partial charge in [-0.25, -0.2) is 13.4 Å². The molecule has 1 amide bonds. The molecule has 0 spiro atoms. The first-order valence-corrected chi connectivity index (χ1v) is 14.7. The van der Waals surface area contributed by atoms with Crippen LogP contribution >= 0.6 is 22.7 Å². The molecular formula is C25H26N4O4S3. The molecule has 1 aromatic carbocycles. The van der Waals surface area contributed by atoms with Crippen molar-refractivity contribution in [2.45, 2.75) is 30.5 Å². The van der Waals surface area contributed by atoms with E-state index in [1.54, 1.807) is 41.9 Å². The fraction of sp³-hybridized carbons (Fsp3) is 0.320. The third-order valence-corrected chi connectivity index (χ3v) is 10.9. The Hall–Kier alpha value is -2.86. The monoisotopic (exact) mass is 542 g/mol. The third-order valence-electron chi connectivity index (χ3n) is 6.39. The van der Waals surface area contributed by atoms with Crippen molar-refractivity contribution in [2.75, 3.05) is 25.1 Å². The van der Waals surface area contributed by atoms with Gasteiger partial charge < -0.3 is 4.74 Å². The number of thiophene rings is 1. The number of piperidine rings is 1. The predicted octanol–water partition coefficient (Wildman–Crippen LogP) is 4.70. The normalized spacial score (nSPS) is 15.3. The van der Waals surface area contributed by atoms with E-state index >= 15 is 0 Å². The van der Waals surface area contributed by atoms with Crippen LogP contribution in [-0.4, -0.2) is 48.8 Å². The van der Waals surface area contributed by atoms with Gasteiger partial charge in [-0.3, -0.25) is 14.7 Å². The largest absolute Gasteiger partial charge is 0.494 e. The zero-order chi connectivity index (χ0) is 25.3. The number of aryl methyl sites for hydroxylation is 1. The molecule has 4 heterocycles. The van der Waals surface area contributed by atoms with Gasteiger partial charge in [0.25, 0.3) is 10.0 Å². The molecule has 3 aromatic heterocycles. The Morgan fingerprint density at radius 3 is 2.58 bits per heavy atom. The van der Waals surface area contributed by atoms with Crippen LogP contribution in [-0.2, 0) is 21.4 Å². The third kappa shape index (κ3) is 4.75. The van der Waals surface area contributed by atoms with Crippen LogP contribution in [0.4, 0.5) is 5.13 Å². The highest BCUT2D eigenvalue weighted by Gasteiger charge is 2.35. The fourth-order valence-corrected chi connectivity index (χ4v) is 8.06. The molecule has 36 heavy (non-hydrogen) atoms. The number of aromatic nitrogens is 2. The van der Waals surface area contributed by atoms with Crippen LogP contribution in [0.2, 0.25) is 0 Å². The Morgan fingerprint density at radius 1 is 1.17 bits per heavy atom. The minimum absolute atomic E-state index is 0.0457. The van der Waals surface area contributed by atoms with E-state index in [9.17, 15) is 13.2 Å². The number of anilines is 1. The van der Waals surface area contributed by atoms with E-state index in [0.717, 1.165) is 21.3 Å². The van der Waals surface area contributed by atoms with Gasteiger partial charge in [-0.15, -0.1) is 11.3 Å². The summed E-state index contributed by atoms with van der Waals surface area (Å²) in [4.78, 5) is 24.5. The summed E-state index contributed by atoms with van der Waals surface area (Å²) in [6.45, 7) is 3.00. The first-order chi connectivity index (χ1) is 17.4. The second-order valence-corrected chi connectivity index (χ2v) is 12.7. The number of nitrogens with zero attached hydrogens (tertiary/aromatic N) is 4. The van der Waals surface area contributed by atoms with Crippen LogP contribution in [0.15, 0.2) is 58.4 Å². The molecule has 1 aliphatic heterocycles. The number of pyridine rings is 1. The lowest BCUT2D eigenvalue weighted by Crippen LogP contribution is -2.44. The number of hydrogen-bond donors (Lipinski definition) is 0. The van der Waals surface area contributed by atoms with Crippen molar-refractivity contribution >= 4 is 54.0 Å². The van der Waals surface area contributed by atoms with E-state index < -0.39 is 10.0 Å². The average Bonchev–Trinajstić information content (AvgIpc) is 3.60. The van der Waals surface area contributed by atoms with Crippen LogP contribution in [0.1, 0.15) is 24.0 Å². The number of hydrogen-bond acceptors (Lipinski definition) is 8. The Bertz CT molecular complexity index is 1460. The van der Waals surface area contributed by atoms with Gasteiger partial charge in [0.2, 0.25) is 5.91 Å². The summed E-state index contributed by atoms with van der Waals surface area (Å²) in [5, 5.41) is 2.36. The summed E-state index contributed by atoms with van der Waals surface area (Å²) in [5.41, 5.74) is 2.75. The SMILES string of the molecule is COc1ccc(C)c2sc(N(Cc3ccncc3)C(=O)C3CCN(S(=O)(=O)c4cccs4)CC3)nc12. The van der Waals surface area contributed by atoms with Crippen LogP contribution in [0.5, 0.6) is 5.75 Å². The molecule has 0 N–H and O–H groups in total. The van der Waals surface area contributed by atoms with Crippen molar-refractivity contribution in [3.05, 3.63) is 65.3 Å². The Labute approximate surface area is 218 Å². The highest BCUT2D eigenvalue weighted by molar-refractivity contribution is 7.91. The minimum atomic E-state index is -3.52. The Kier molecular flexibility index (Phi) is 7.07. The zero-order valence-corrected chi connectivity index (χ0v) is 22.4.